The van der Waals surface area contributed by atoms with Crippen LogP contribution in [0.15, 0.2) is 54.6 Å². The molecule has 0 spiro atoms. The van der Waals surface area contributed by atoms with Gasteiger partial charge in [0.15, 0.2) is 6.61 Å². The lowest BCUT2D eigenvalue weighted by atomic mass is 9.96. The van der Waals surface area contributed by atoms with Crippen molar-refractivity contribution in [3.63, 3.8) is 0 Å². The molecule has 5 nitrogen and oxygen atoms in total. The highest BCUT2D eigenvalue weighted by molar-refractivity contribution is 5.77. The maximum atomic E-state index is 12.1. The van der Waals surface area contributed by atoms with Gasteiger partial charge in [0, 0.05) is 19.2 Å². The van der Waals surface area contributed by atoms with Gasteiger partial charge in [-0.3, -0.25) is 4.79 Å². The van der Waals surface area contributed by atoms with Gasteiger partial charge in [-0.05, 0) is 56.0 Å². The second-order valence-electron chi connectivity index (χ2n) is 7.29. The summed E-state index contributed by atoms with van der Waals surface area (Å²) in [5, 5.41) is 3.01. The first-order chi connectivity index (χ1) is 13.7. The molecule has 0 aliphatic carbocycles. The molecule has 150 valence electrons. The Kier molecular flexibility index (Phi) is 7.73. The highest BCUT2D eigenvalue weighted by Crippen LogP contribution is 2.19. The van der Waals surface area contributed by atoms with Crippen molar-refractivity contribution in [2.75, 3.05) is 39.9 Å². The minimum atomic E-state index is -0.0747. The first kappa shape index (κ1) is 20.2. The zero-order chi connectivity index (χ0) is 19.6. The molecule has 0 saturated carbocycles. The van der Waals surface area contributed by atoms with Crippen LogP contribution in [0.25, 0.3) is 0 Å². The number of ether oxygens (including phenoxy) is 2. The van der Waals surface area contributed by atoms with E-state index < -0.39 is 0 Å². The van der Waals surface area contributed by atoms with Crippen LogP contribution in [0.1, 0.15) is 18.4 Å². The van der Waals surface area contributed by atoms with Crippen molar-refractivity contribution >= 4 is 5.91 Å². The molecule has 1 amide bonds. The fraction of sp³-hybridized carbons (Fsp3) is 0.435. The van der Waals surface area contributed by atoms with Crippen molar-refractivity contribution in [3.05, 3.63) is 60.2 Å². The van der Waals surface area contributed by atoms with Crippen molar-refractivity contribution in [1.82, 2.24) is 10.2 Å². The lowest BCUT2D eigenvalue weighted by molar-refractivity contribution is -0.123. The number of methoxy groups -OCH3 is 1. The van der Waals surface area contributed by atoms with E-state index in [2.05, 4.69) is 40.5 Å². The quantitative estimate of drug-likeness (QED) is 0.724. The lowest BCUT2D eigenvalue weighted by Gasteiger charge is -2.32. The number of rotatable bonds is 9. The van der Waals surface area contributed by atoms with E-state index in [1.54, 1.807) is 13.2 Å². The van der Waals surface area contributed by atoms with Crippen molar-refractivity contribution < 1.29 is 14.3 Å². The number of piperidine rings is 1. The van der Waals surface area contributed by atoms with E-state index in [0.29, 0.717) is 11.7 Å². The molecule has 0 unspecified atom stereocenters. The Morgan fingerprint density at radius 3 is 2.57 bits per heavy atom. The van der Waals surface area contributed by atoms with Crippen molar-refractivity contribution in [2.24, 2.45) is 5.92 Å². The van der Waals surface area contributed by atoms with Gasteiger partial charge in [-0.1, -0.05) is 36.4 Å². The van der Waals surface area contributed by atoms with Crippen molar-refractivity contribution in [3.8, 4) is 11.5 Å². The fourth-order valence-corrected chi connectivity index (χ4v) is 3.50. The van der Waals surface area contributed by atoms with Gasteiger partial charge < -0.3 is 19.7 Å². The summed E-state index contributed by atoms with van der Waals surface area (Å²) < 4.78 is 10.7. The molecule has 5 heteroatoms. The lowest BCUT2D eigenvalue weighted by Crippen LogP contribution is -2.40. The molecule has 2 aromatic carbocycles. The molecule has 0 bridgehead atoms. The maximum Gasteiger partial charge on any atom is 0.257 e. The minimum Gasteiger partial charge on any atom is -0.497 e. The Bertz CT molecular complexity index is 728. The van der Waals surface area contributed by atoms with Gasteiger partial charge in [-0.15, -0.1) is 0 Å². The Balaban J connectivity index is 1.29. The third-order valence-electron chi connectivity index (χ3n) is 5.27. The van der Waals surface area contributed by atoms with Crippen LogP contribution in [0, 0.1) is 5.92 Å². The first-order valence-corrected chi connectivity index (χ1v) is 10.0. The number of nitrogens with one attached hydrogen (secondary N) is 1. The molecule has 28 heavy (non-hydrogen) atoms. The smallest absolute Gasteiger partial charge is 0.257 e. The Labute approximate surface area is 167 Å². The van der Waals surface area contributed by atoms with Gasteiger partial charge in [0.05, 0.1) is 7.11 Å². The van der Waals surface area contributed by atoms with Crippen LogP contribution in [0.2, 0.25) is 0 Å². The SMILES string of the molecule is COc1cccc(OCC(=O)NCC2CCN(CCc3ccccc3)CC2)c1. The van der Waals surface area contributed by atoms with Crippen LogP contribution in [-0.4, -0.2) is 50.7 Å². The number of carbonyl (C=O) groups excluding carboxylic acids is 1. The zero-order valence-electron chi connectivity index (χ0n) is 16.6. The van der Waals surface area contributed by atoms with E-state index in [1.165, 1.54) is 5.56 Å². The molecular weight excluding hydrogens is 352 g/mol. The van der Waals surface area contributed by atoms with Gasteiger partial charge in [-0.25, -0.2) is 0 Å². The number of carbonyl (C=O) groups is 1. The minimum absolute atomic E-state index is 0.0308. The van der Waals surface area contributed by atoms with Crippen LogP contribution >= 0.6 is 0 Å². The van der Waals surface area contributed by atoms with E-state index >= 15 is 0 Å². The second kappa shape index (κ2) is 10.7. The van der Waals surface area contributed by atoms with Crippen LogP contribution in [0.3, 0.4) is 0 Å². The predicted octanol–water partition coefficient (Wildman–Crippen LogP) is 3.14. The molecule has 0 aromatic heterocycles. The Morgan fingerprint density at radius 2 is 1.82 bits per heavy atom. The predicted molar refractivity (Wildman–Crippen MR) is 111 cm³/mol. The topological polar surface area (TPSA) is 50.8 Å². The van der Waals surface area contributed by atoms with Crippen LogP contribution in [-0.2, 0) is 11.2 Å². The van der Waals surface area contributed by atoms with Gasteiger partial charge in [0.2, 0.25) is 0 Å². The van der Waals surface area contributed by atoms with Crippen LogP contribution < -0.4 is 14.8 Å². The summed E-state index contributed by atoms with van der Waals surface area (Å²) in [7, 11) is 1.61. The molecule has 2 aromatic rings. The zero-order valence-corrected chi connectivity index (χ0v) is 16.6. The summed E-state index contributed by atoms with van der Waals surface area (Å²) in [6.45, 7) is 4.08. The largest absolute Gasteiger partial charge is 0.497 e. The number of hydrogen-bond acceptors (Lipinski definition) is 4. The number of benzene rings is 2. The molecule has 1 aliphatic heterocycles. The van der Waals surface area contributed by atoms with Crippen LogP contribution in [0.5, 0.6) is 11.5 Å². The standard InChI is InChI=1S/C23H30N2O3/c1-27-21-8-5-9-22(16-21)28-18-23(26)24-17-20-11-14-25(15-12-20)13-10-19-6-3-2-4-7-19/h2-9,16,20H,10-15,17-18H2,1H3,(H,24,26). The number of amides is 1. The van der Waals surface area contributed by atoms with Crippen molar-refractivity contribution in [2.45, 2.75) is 19.3 Å². The fourth-order valence-electron chi connectivity index (χ4n) is 3.50. The average Bonchev–Trinajstić information content (AvgIpc) is 2.76. The van der Waals surface area contributed by atoms with Crippen LogP contribution in [0.4, 0.5) is 0 Å². The number of likely N-dealkylation sites (tertiary alicyclic amines) is 1. The van der Waals surface area contributed by atoms with E-state index in [-0.39, 0.29) is 12.5 Å². The third kappa shape index (κ3) is 6.57. The highest BCUT2D eigenvalue weighted by Gasteiger charge is 2.19. The van der Waals surface area contributed by atoms with E-state index in [1.807, 2.05) is 18.2 Å². The summed E-state index contributed by atoms with van der Waals surface area (Å²) in [4.78, 5) is 14.6. The summed E-state index contributed by atoms with van der Waals surface area (Å²) in [5.41, 5.74) is 1.40. The second-order valence-corrected chi connectivity index (χ2v) is 7.29. The van der Waals surface area contributed by atoms with Gasteiger partial charge in [-0.2, -0.15) is 0 Å². The summed E-state index contributed by atoms with van der Waals surface area (Å²) in [6, 6.07) is 17.9. The Hall–Kier alpha value is -2.53. The average molecular weight is 383 g/mol. The summed E-state index contributed by atoms with van der Waals surface area (Å²) >= 11 is 0. The van der Waals surface area contributed by atoms with E-state index in [0.717, 1.165) is 51.2 Å². The van der Waals surface area contributed by atoms with Gasteiger partial charge in [0.25, 0.3) is 5.91 Å². The normalized spacial score (nSPS) is 15.2. The van der Waals surface area contributed by atoms with E-state index in [4.69, 9.17) is 9.47 Å². The molecule has 1 heterocycles. The Morgan fingerprint density at radius 1 is 1.07 bits per heavy atom. The molecule has 1 fully saturated rings. The molecule has 0 radical (unpaired) electrons. The third-order valence-corrected chi connectivity index (χ3v) is 5.27. The molecular formula is C23H30N2O3. The molecule has 0 atom stereocenters. The molecule has 1 aliphatic rings. The molecule has 1 N–H and O–H groups in total. The van der Waals surface area contributed by atoms with E-state index in [9.17, 15) is 4.79 Å². The summed E-state index contributed by atoms with van der Waals surface area (Å²) in [5.74, 6) is 1.83. The van der Waals surface area contributed by atoms with Gasteiger partial charge in [0.1, 0.15) is 11.5 Å². The number of hydrogen-bond donors (Lipinski definition) is 1. The monoisotopic (exact) mass is 382 g/mol. The van der Waals surface area contributed by atoms with Crippen molar-refractivity contribution in [1.29, 1.82) is 0 Å². The molecule has 3 rings (SSSR count). The van der Waals surface area contributed by atoms with Gasteiger partial charge >= 0.3 is 0 Å². The number of nitrogens with zero attached hydrogens (tertiary/aromatic N) is 1. The summed E-state index contributed by atoms with van der Waals surface area (Å²) in [6.07, 6.45) is 3.36. The highest BCUT2D eigenvalue weighted by atomic mass is 16.5. The first-order valence-electron chi connectivity index (χ1n) is 10.0. The maximum absolute atomic E-state index is 12.1. The molecule has 1 saturated heterocycles.